The fraction of sp³-hybridized carbons (Fsp3) is 0.727. The summed E-state index contributed by atoms with van der Waals surface area (Å²) in [6, 6.07) is -1.48. The quantitative estimate of drug-likeness (QED) is 0.190. The molecular weight excluding hydrogens is 282 g/mol. The van der Waals surface area contributed by atoms with E-state index in [1.165, 1.54) is 0 Å². The fourth-order valence-corrected chi connectivity index (χ4v) is 1.65. The summed E-state index contributed by atoms with van der Waals surface area (Å²) in [6.45, 7) is 0.903. The number of nitrogens with two attached hydrogens (primary N) is 3. The summed E-state index contributed by atoms with van der Waals surface area (Å²) in [5.41, 5.74) is 15.3. The number of hydroxylamine groups is 2. The average molecular weight is 305 g/mol. The maximum absolute atomic E-state index is 10.2. The Hall–Kier alpha value is -1.91. The number of hydrogen-bond acceptors (Lipinski definition) is 6. The van der Waals surface area contributed by atoms with Crippen molar-refractivity contribution >= 4 is 17.9 Å². The third-order valence-corrected chi connectivity index (χ3v) is 2.79. The molecule has 1 saturated heterocycles. The number of carboxylic acid groups (broad SMARTS) is 2. The van der Waals surface area contributed by atoms with Gasteiger partial charge in [-0.3, -0.25) is 14.6 Å². The van der Waals surface area contributed by atoms with Crippen LogP contribution in [0.15, 0.2) is 4.99 Å². The number of carboxylic acids is 2. The molecule has 0 saturated carbocycles. The normalized spacial score (nSPS) is 19.2. The number of aliphatic imine (C=N–C) groups is 1. The van der Waals surface area contributed by atoms with E-state index in [2.05, 4.69) is 4.99 Å². The number of carbonyl (C=O) groups is 2. The van der Waals surface area contributed by atoms with Gasteiger partial charge >= 0.3 is 11.9 Å². The molecule has 0 aromatic rings. The first-order chi connectivity index (χ1) is 9.75. The number of nitrogens with zero attached hydrogens (tertiary/aromatic N) is 2. The molecule has 0 aromatic heterocycles. The highest BCUT2D eigenvalue weighted by atomic mass is 16.5. The van der Waals surface area contributed by atoms with Gasteiger partial charge in [-0.25, -0.2) is 0 Å². The van der Waals surface area contributed by atoms with Gasteiger partial charge in [-0.05, 0) is 25.7 Å². The molecule has 0 bridgehead atoms. The SMILES string of the molecule is NC(N)=NCCCC(N)C(=O)O.O=C(O)C1CCCN1O. The number of guanidine groups is 1. The molecule has 0 aliphatic carbocycles. The van der Waals surface area contributed by atoms with Gasteiger partial charge in [-0.1, -0.05) is 0 Å². The zero-order valence-electron chi connectivity index (χ0n) is 11.7. The first-order valence-corrected chi connectivity index (χ1v) is 6.47. The van der Waals surface area contributed by atoms with Gasteiger partial charge in [0.15, 0.2) is 5.96 Å². The fourth-order valence-electron chi connectivity index (χ4n) is 1.65. The number of rotatable bonds is 6. The van der Waals surface area contributed by atoms with Gasteiger partial charge in [0.25, 0.3) is 0 Å². The summed E-state index contributed by atoms with van der Waals surface area (Å²) in [5, 5.41) is 26.5. The molecule has 1 aliphatic heterocycles. The maximum atomic E-state index is 10.2. The first-order valence-electron chi connectivity index (χ1n) is 6.47. The van der Waals surface area contributed by atoms with Crippen LogP contribution in [0.5, 0.6) is 0 Å². The predicted molar refractivity (Wildman–Crippen MR) is 74.7 cm³/mol. The Kier molecular flexibility index (Phi) is 9.01. The van der Waals surface area contributed by atoms with Crippen molar-refractivity contribution in [3.8, 4) is 0 Å². The molecule has 0 aromatic carbocycles. The van der Waals surface area contributed by atoms with Crippen LogP contribution in [-0.2, 0) is 9.59 Å². The second-order valence-corrected chi connectivity index (χ2v) is 4.55. The van der Waals surface area contributed by atoms with Crippen molar-refractivity contribution in [2.75, 3.05) is 13.1 Å². The van der Waals surface area contributed by atoms with Gasteiger partial charge in [0, 0.05) is 13.1 Å². The van der Waals surface area contributed by atoms with Crippen LogP contribution in [-0.4, -0.2) is 63.6 Å². The molecular formula is C11H23N5O5. The Morgan fingerprint density at radius 3 is 2.29 bits per heavy atom. The molecule has 0 amide bonds. The van der Waals surface area contributed by atoms with Crippen molar-refractivity contribution in [1.29, 1.82) is 0 Å². The summed E-state index contributed by atoms with van der Waals surface area (Å²) in [4.78, 5) is 24.1. The van der Waals surface area contributed by atoms with E-state index in [1.807, 2.05) is 0 Å². The van der Waals surface area contributed by atoms with Crippen molar-refractivity contribution in [3.05, 3.63) is 0 Å². The molecule has 122 valence electrons. The largest absolute Gasteiger partial charge is 0.480 e. The Morgan fingerprint density at radius 2 is 1.95 bits per heavy atom. The van der Waals surface area contributed by atoms with Crippen molar-refractivity contribution in [2.24, 2.45) is 22.2 Å². The van der Waals surface area contributed by atoms with E-state index in [9.17, 15) is 9.59 Å². The van der Waals surface area contributed by atoms with Crippen molar-refractivity contribution in [3.63, 3.8) is 0 Å². The lowest BCUT2D eigenvalue weighted by Crippen LogP contribution is -2.32. The Morgan fingerprint density at radius 1 is 1.33 bits per heavy atom. The van der Waals surface area contributed by atoms with E-state index in [1.54, 1.807) is 0 Å². The topological polar surface area (TPSA) is 188 Å². The molecule has 1 fully saturated rings. The van der Waals surface area contributed by atoms with E-state index < -0.39 is 24.0 Å². The van der Waals surface area contributed by atoms with Crippen molar-refractivity contribution in [1.82, 2.24) is 5.06 Å². The highest BCUT2D eigenvalue weighted by Gasteiger charge is 2.28. The summed E-state index contributed by atoms with van der Waals surface area (Å²) in [6.07, 6.45) is 2.29. The molecule has 1 rings (SSSR count). The standard InChI is InChI=1S/C6H14N4O2.C5H9NO3/c7-4(5(11)12)2-1-3-10-6(8)9;7-5(8)4-2-1-3-6(4)9/h4H,1-3,7H2,(H,11,12)(H4,8,9,10);4,9H,1-3H2,(H,7,8). The molecule has 9 N–H and O–H groups in total. The maximum Gasteiger partial charge on any atom is 0.323 e. The average Bonchev–Trinajstić information content (AvgIpc) is 2.81. The molecule has 2 atom stereocenters. The van der Waals surface area contributed by atoms with E-state index >= 15 is 0 Å². The summed E-state index contributed by atoms with van der Waals surface area (Å²) >= 11 is 0. The molecule has 0 spiro atoms. The van der Waals surface area contributed by atoms with E-state index in [0.717, 1.165) is 11.5 Å². The Labute approximate surface area is 122 Å². The molecule has 2 unspecified atom stereocenters. The van der Waals surface area contributed by atoms with Crippen LogP contribution >= 0.6 is 0 Å². The molecule has 21 heavy (non-hydrogen) atoms. The lowest BCUT2D eigenvalue weighted by Gasteiger charge is -2.11. The molecule has 1 heterocycles. The van der Waals surface area contributed by atoms with E-state index in [-0.39, 0.29) is 5.96 Å². The van der Waals surface area contributed by atoms with Gasteiger partial charge in [0.1, 0.15) is 12.1 Å². The van der Waals surface area contributed by atoms with Gasteiger partial charge in [0.2, 0.25) is 0 Å². The van der Waals surface area contributed by atoms with Gasteiger partial charge < -0.3 is 32.6 Å². The zero-order valence-corrected chi connectivity index (χ0v) is 11.7. The molecule has 10 heteroatoms. The number of hydrogen-bond donors (Lipinski definition) is 6. The monoisotopic (exact) mass is 305 g/mol. The van der Waals surface area contributed by atoms with Gasteiger partial charge in [0.05, 0.1) is 0 Å². The second kappa shape index (κ2) is 9.91. The second-order valence-electron chi connectivity index (χ2n) is 4.55. The Balaban J connectivity index is 0.000000394. The summed E-state index contributed by atoms with van der Waals surface area (Å²) in [5.74, 6) is -1.92. The summed E-state index contributed by atoms with van der Waals surface area (Å²) < 4.78 is 0. The van der Waals surface area contributed by atoms with Crippen LogP contribution in [0.3, 0.4) is 0 Å². The number of aliphatic carboxylic acids is 2. The lowest BCUT2D eigenvalue weighted by molar-refractivity contribution is -0.161. The molecule has 10 nitrogen and oxygen atoms in total. The third kappa shape index (κ3) is 8.78. The van der Waals surface area contributed by atoms with E-state index in [4.69, 9.17) is 32.6 Å². The predicted octanol–water partition coefficient (Wildman–Crippen LogP) is -1.62. The van der Waals surface area contributed by atoms with Gasteiger partial charge in [-0.15, -0.1) is 0 Å². The highest BCUT2D eigenvalue weighted by Crippen LogP contribution is 2.13. The van der Waals surface area contributed by atoms with Gasteiger partial charge in [-0.2, -0.15) is 5.06 Å². The first kappa shape index (κ1) is 19.1. The highest BCUT2D eigenvalue weighted by molar-refractivity contribution is 5.75. The van der Waals surface area contributed by atoms with Crippen LogP contribution < -0.4 is 17.2 Å². The van der Waals surface area contributed by atoms with E-state index in [0.29, 0.717) is 32.4 Å². The Bertz CT molecular complexity index is 372. The van der Waals surface area contributed by atoms with Crippen LogP contribution in [0.1, 0.15) is 25.7 Å². The molecule has 0 radical (unpaired) electrons. The van der Waals surface area contributed by atoms with Crippen molar-refractivity contribution < 1.29 is 25.0 Å². The van der Waals surface area contributed by atoms with Crippen molar-refractivity contribution in [2.45, 2.75) is 37.8 Å². The smallest absolute Gasteiger partial charge is 0.323 e. The minimum atomic E-state index is -1.00. The summed E-state index contributed by atoms with van der Waals surface area (Å²) in [7, 11) is 0. The third-order valence-electron chi connectivity index (χ3n) is 2.79. The minimum Gasteiger partial charge on any atom is -0.480 e. The zero-order chi connectivity index (χ0) is 16.4. The molecule has 1 aliphatic rings. The van der Waals surface area contributed by atoms with Crippen LogP contribution in [0.25, 0.3) is 0 Å². The van der Waals surface area contributed by atoms with Crippen LogP contribution in [0.4, 0.5) is 0 Å². The lowest BCUT2D eigenvalue weighted by atomic mass is 10.2. The minimum absolute atomic E-state index is 0.0129. The van der Waals surface area contributed by atoms with Crippen LogP contribution in [0.2, 0.25) is 0 Å². The van der Waals surface area contributed by atoms with Crippen LogP contribution in [0, 0.1) is 0 Å².